The summed E-state index contributed by atoms with van der Waals surface area (Å²) in [5.74, 6) is -2.69. The van der Waals surface area contributed by atoms with Crippen molar-refractivity contribution >= 4 is 23.5 Å². The van der Waals surface area contributed by atoms with Crippen molar-refractivity contribution in [3.63, 3.8) is 0 Å². The zero-order valence-corrected chi connectivity index (χ0v) is 15.1. The van der Waals surface area contributed by atoms with E-state index in [2.05, 4.69) is 5.32 Å². The predicted molar refractivity (Wildman–Crippen MR) is 101 cm³/mol. The Kier molecular flexibility index (Phi) is 5.54. The Bertz CT molecular complexity index is 833. The molecule has 0 bridgehead atoms. The topological polar surface area (TPSA) is 86.7 Å². The second-order valence-electron chi connectivity index (χ2n) is 6.79. The highest BCUT2D eigenvalue weighted by molar-refractivity contribution is 6.00. The molecule has 0 spiro atoms. The molecule has 2 unspecified atom stereocenters. The lowest BCUT2D eigenvalue weighted by Gasteiger charge is -2.18. The van der Waals surface area contributed by atoms with Crippen molar-refractivity contribution in [1.29, 1.82) is 0 Å². The molecular formula is C21H22N2O4. The summed E-state index contributed by atoms with van der Waals surface area (Å²) in [4.78, 5) is 37.9. The van der Waals surface area contributed by atoms with Gasteiger partial charge >= 0.3 is 5.97 Å². The quantitative estimate of drug-likeness (QED) is 0.821. The molecule has 0 radical (unpaired) electrons. The molecule has 3 rings (SSSR count). The van der Waals surface area contributed by atoms with Crippen LogP contribution >= 0.6 is 0 Å². The van der Waals surface area contributed by atoms with Crippen LogP contribution in [0.4, 0.5) is 5.69 Å². The predicted octanol–water partition coefficient (Wildman–Crippen LogP) is 2.33. The van der Waals surface area contributed by atoms with Crippen LogP contribution in [0.15, 0.2) is 54.6 Å². The molecule has 2 aromatic rings. The van der Waals surface area contributed by atoms with Crippen molar-refractivity contribution in [2.24, 2.45) is 5.92 Å². The van der Waals surface area contributed by atoms with Crippen molar-refractivity contribution in [3.8, 4) is 0 Å². The van der Waals surface area contributed by atoms with Gasteiger partial charge in [-0.3, -0.25) is 14.4 Å². The van der Waals surface area contributed by atoms with E-state index in [1.807, 2.05) is 37.3 Å². The third kappa shape index (κ3) is 4.34. The van der Waals surface area contributed by atoms with Crippen molar-refractivity contribution < 1.29 is 19.5 Å². The number of hydrogen-bond donors (Lipinski definition) is 2. The first kappa shape index (κ1) is 18.6. The molecule has 0 aliphatic carbocycles. The smallest absolute Gasteiger partial charge is 0.312 e. The Labute approximate surface area is 157 Å². The number of carbonyl (C=O) groups excluding carboxylic acids is 2. The maximum absolute atomic E-state index is 12.5. The van der Waals surface area contributed by atoms with Gasteiger partial charge in [0.25, 0.3) is 0 Å². The van der Waals surface area contributed by atoms with Gasteiger partial charge in [0.1, 0.15) is 0 Å². The minimum absolute atomic E-state index is 0.00655. The maximum Gasteiger partial charge on any atom is 0.312 e. The minimum Gasteiger partial charge on any atom is -0.481 e. The Morgan fingerprint density at radius 1 is 1.15 bits per heavy atom. The molecular weight excluding hydrogens is 344 g/mol. The van der Waals surface area contributed by atoms with Gasteiger partial charge in [-0.15, -0.1) is 0 Å². The molecule has 2 atom stereocenters. The second kappa shape index (κ2) is 8.03. The lowest BCUT2D eigenvalue weighted by Crippen LogP contribution is -2.37. The minimum atomic E-state index is -0.995. The first-order valence-corrected chi connectivity index (χ1v) is 8.88. The van der Waals surface area contributed by atoms with Gasteiger partial charge < -0.3 is 15.3 Å². The Morgan fingerprint density at radius 2 is 1.81 bits per heavy atom. The number of aryl methyl sites for hydroxylation is 1. The molecule has 1 fully saturated rings. The summed E-state index contributed by atoms with van der Waals surface area (Å²) in [6.45, 7) is 2.27. The molecule has 0 saturated carbocycles. The average Bonchev–Trinajstić information content (AvgIpc) is 3.05. The lowest BCUT2D eigenvalue weighted by atomic mass is 9.99. The van der Waals surface area contributed by atoms with E-state index in [4.69, 9.17) is 0 Å². The molecule has 2 aromatic carbocycles. The number of rotatable bonds is 6. The molecule has 1 aliphatic heterocycles. The number of nitrogens with zero attached hydrogens (tertiary/aromatic N) is 1. The number of hydrogen-bond acceptors (Lipinski definition) is 3. The fraction of sp³-hybridized carbons (Fsp3) is 0.286. The van der Waals surface area contributed by atoms with Gasteiger partial charge in [-0.1, -0.05) is 48.0 Å². The van der Waals surface area contributed by atoms with Crippen LogP contribution in [0.3, 0.4) is 0 Å². The number of carbonyl (C=O) groups is 3. The van der Waals surface area contributed by atoms with Crippen LogP contribution in [0.2, 0.25) is 0 Å². The van der Waals surface area contributed by atoms with Gasteiger partial charge in [0.2, 0.25) is 11.8 Å². The number of amides is 2. The summed E-state index contributed by atoms with van der Waals surface area (Å²) < 4.78 is 0. The first-order chi connectivity index (χ1) is 13.0. The Hall–Kier alpha value is -3.15. The van der Waals surface area contributed by atoms with E-state index >= 15 is 0 Å². The third-order valence-corrected chi connectivity index (χ3v) is 4.82. The van der Waals surface area contributed by atoms with Gasteiger partial charge in [0.05, 0.1) is 11.8 Å². The maximum atomic E-state index is 12.5. The fourth-order valence-corrected chi connectivity index (χ4v) is 3.24. The Balaban J connectivity index is 1.62. The summed E-state index contributed by atoms with van der Waals surface area (Å²) in [6, 6.07) is 16.4. The molecule has 140 valence electrons. The molecule has 1 heterocycles. The van der Waals surface area contributed by atoms with Crippen molar-refractivity contribution in [1.82, 2.24) is 5.32 Å². The number of anilines is 1. The van der Waals surface area contributed by atoms with Crippen LogP contribution in [-0.4, -0.2) is 36.0 Å². The van der Waals surface area contributed by atoms with Crippen molar-refractivity contribution in [3.05, 3.63) is 65.7 Å². The average molecular weight is 366 g/mol. The van der Waals surface area contributed by atoms with E-state index in [1.54, 1.807) is 29.2 Å². The lowest BCUT2D eigenvalue weighted by molar-refractivity contribution is -0.138. The second-order valence-corrected chi connectivity index (χ2v) is 6.79. The molecule has 27 heavy (non-hydrogen) atoms. The van der Waals surface area contributed by atoms with Crippen LogP contribution in [0.25, 0.3) is 0 Å². The highest BCUT2D eigenvalue weighted by atomic mass is 16.4. The molecule has 2 amide bonds. The molecule has 6 heteroatoms. The number of benzene rings is 2. The standard InChI is InChI=1S/C21H22N2O4/c1-14-7-9-17(10-8-14)23-13-16(11-19(23)24)20(25)22-12-18(21(26)27)15-5-3-2-4-6-15/h2-10,16,18H,11-13H2,1H3,(H,22,25)(H,26,27). The zero-order valence-electron chi connectivity index (χ0n) is 15.1. The SMILES string of the molecule is Cc1ccc(N2CC(C(=O)NCC(C(=O)O)c3ccccc3)CC2=O)cc1. The highest BCUT2D eigenvalue weighted by Crippen LogP contribution is 2.25. The molecule has 1 saturated heterocycles. The first-order valence-electron chi connectivity index (χ1n) is 8.88. The van der Waals surface area contributed by atoms with Crippen LogP contribution < -0.4 is 10.2 Å². The zero-order chi connectivity index (χ0) is 19.4. The molecule has 1 aliphatic rings. The summed E-state index contributed by atoms with van der Waals surface area (Å²) in [5.41, 5.74) is 2.50. The van der Waals surface area contributed by atoms with Crippen LogP contribution in [0.1, 0.15) is 23.5 Å². The fourth-order valence-electron chi connectivity index (χ4n) is 3.24. The van der Waals surface area contributed by atoms with Gasteiger partial charge in [-0.25, -0.2) is 0 Å². The summed E-state index contributed by atoms with van der Waals surface area (Å²) in [7, 11) is 0. The van der Waals surface area contributed by atoms with E-state index in [9.17, 15) is 19.5 Å². The summed E-state index contributed by atoms with van der Waals surface area (Å²) in [6.07, 6.45) is 0.128. The van der Waals surface area contributed by atoms with E-state index < -0.39 is 17.8 Å². The number of carboxylic acid groups (broad SMARTS) is 1. The number of nitrogens with one attached hydrogen (secondary N) is 1. The molecule has 0 aromatic heterocycles. The van der Waals surface area contributed by atoms with Gasteiger partial charge in [-0.05, 0) is 24.6 Å². The molecule has 2 N–H and O–H groups in total. The summed E-state index contributed by atoms with van der Waals surface area (Å²) >= 11 is 0. The van der Waals surface area contributed by atoms with Crippen LogP contribution in [0.5, 0.6) is 0 Å². The van der Waals surface area contributed by atoms with Gasteiger partial charge in [0, 0.05) is 25.2 Å². The van der Waals surface area contributed by atoms with Gasteiger partial charge in [-0.2, -0.15) is 0 Å². The van der Waals surface area contributed by atoms with E-state index in [0.29, 0.717) is 12.1 Å². The van der Waals surface area contributed by atoms with Crippen LogP contribution in [-0.2, 0) is 14.4 Å². The largest absolute Gasteiger partial charge is 0.481 e. The number of aliphatic carboxylic acids is 1. The van der Waals surface area contributed by atoms with E-state index in [0.717, 1.165) is 11.3 Å². The Morgan fingerprint density at radius 3 is 2.44 bits per heavy atom. The normalized spacial score (nSPS) is 17.6. The highest BCUT2D eigenvalue weighted by Gasteiger charge is 2.35. The number of carboxylic acids is 1. The van der Waals surface area contributed by atoms with Crippen molar-refractivity contribution in [2.75, 3.05) is 18.0 Å². The van der Waals surface area contributed by atoms with Gasteiger partial charge in [0.15, 0.2) is 0 Å². The third-order valence-electron chi connectivity index (χ3n) is 4.82. The summed E-state index contributed by atoms with van der Waals surface area (Å²) in [5, 5.41) is 12.2. The van der Waals surface area contributed by atoms with E-state index in [1.165, 1.54) is 0 Å². The molecule has 6 nitrogen and oxygen atoms in total. The van der Waals surface area contributed by atoms with Crippen LogP contribution in [0, 0.1) is 12.8 Å². The van der Waals surface area contributed by atoms with E-state index in [-0.39, 0.29) is 24.8 Å². The monoisotopic (exact) mass is 366 g/mol. The van der Waals surface area contributed by atoms with Crippen molar-refractivity contribution in [2.45, 2.75) is 19.3 Å².